The van der Waals surface area contributed by atoms with E-state index in [0.717, 1.165) is 6.07 Å². The highest BCUT2D eigenvalue weighted by atomic mass is 79.9. The maximum atomic E-state index is 12.5. The lowest BCUT2D eigenvalue weighted by Gasteiger charge is -2.09. The summed E-state index contributed by atoms with van der Waals surface area (Å²) in [5, 5.41) is 0. The van der Waals surface area contributed by atoms with Gasteiger partial charge in [0.2, 0.25) is 5.88 Å². The molecule has 0 aliphatic carbocycles. The normalized spacial score (nSPS) is 11.4. The van der Waals surface area contributed by atoms with Crippen LogP contribution in [0.5, 0.6) is 11.6 Å². The van der Waals surface area contributed by atoms with Crippen molar-refractivity contribution in [1.29, 1.82) is 0 Å². The molecule has 0 aliphatic heterocycles. The first-order valence-corrected chi connectivity index (χ1v) is 5.92. The Kier molecular flexibility index (Phi) is 3.66. The molecule has 1 aromatic heterocycles. The van der Waals surface area contributed by atoms with Gasteiger partial charge in [-0.15, -0.1) is 0 Å². The fourth-order valence-corrected chi connectivity index (χ4v) is 1.88. The van der Waals surface area contributed by atoms with Crippen LogP contribution in [0.3, 0.4) is 0 Å². The third kappa shape index (κ3) is 3.60. The molecule has 0 amide bonds. The lowest BCUT2D eigenvalue weighted by molar-refractivity contribution is -0.141. The van der Waals surface area contributed by atoms with Gasteiger partial charge < -0.3 is 10.5 Å². The monoisotopic (exact) mass is 332 g/mol. The smallest absolute Gasteiger partial charge is 0.433 e. The Hall–Kier alpha value is -1.76. The SMILES string of the molecule is Nc1cc(Br)cc(Oc2cccc(C(F)(F)F)n2)c1. The van der Waals surface area contributed by atoms with E-state index in [2.05, 4.69) is 20.9 Å². The molecule has 0 saturated carbocycles. The molecule has 3 nitrogen and oxygen atoms in total. The van der Waals surface area contributed by atoms with Gasteiger partial charge in [0, 0.05) is 22.3 Å². The van der Waals surface area contributed by atoms with E-state index in [-0.39, 0.29) is 5.88 Å². The van der Waals surface area contributed by atoms with Crippen LogP contribution >= 0.6 is 15.9 Å². The average Bonchev–Trinajstić information content (AvgIpc) is 2.26. The van der Waals surface area contributed by atoms with E-state index in [9.17, 15) is 13.2 Å². The van der Waals surface area contributed by atoms with Gasteiger partial charge in [0.25, 0.3) is 0 Å². The van der Waals surface area contributed by atoms with Gasteiger partial charge in [0.05, 0.1) is 0 Å². The van der Waals surface area contributed by atoms with Crippen LogP contribution in [-0.4, -0.2) is 4.98 Å². The summed E-state index contributed by atoms with van der Waals surface area (Å²) >= 11 is 3.21. The van der Waals surface area contributed by atoms with Crippen molar-refractivity contribution < 1.29 is 17.9 Å². The summed E-state index contributed by atoms with van der Waals surface area (Å²) in [6.07, 6.45) is -4.50. The van der Waals surface area contributed by atoms with Crippen molar-refractivity contribution >= 4 is 21.6 Å². The summed E-state index contributed by atoms with van der Waals surface area (Å²) in [6, 6.07) is 8.17. The summed E-state index contributed by atoms with van der Waals surface area (Å²) in [5.41, 5.74) is 5.02. The lowest BCUT2D eigenvalue weighted by Crippen LogP contribution is -2.07. The zero-order valence-corrected chi connectivity index (χ0v) is 11.0. The maximum absolute atomic E-state index is 12.5. The predicted octanol–water partition coefficient (Wildman–Crippen LogP) is 4.24. The Morgan fingerprint density at radius 2 is 1.89 bits per heavy atom. The second-order valence-corrected chi connectivity index (χ2v) is 4.60. The van der Waals surface area contributed by atoms with Crippen LogP contribution in [-0.2, 0) is 6.18 Å². The second kappa shape index (κ2) is 5.08. The minimum absolute atomic E-state index is 0.146. The van der Waals surface area contributed by atoms with E-state index in [1.807, 2.05) is 0 Å². The summed E-state index contributed by atoms with van der Waals surface area (Å²) < 4.78 is 43.4. The van der Waals surface area contributed by atoms with Gasteiger partial charge in [0.15, 0.2) is 0 Å². The number of hydrogen-bond acceptors (Lipinski definition) is 3. The minimum Gasteiger partial charge on any atom is -0.439 e. The number of nitrogen functional groups attached to an aromatic ring is 1. The Morgan fingerprint density at radius 1 is 1.16 bits per heavy atom. The van der Waals surface area contributed by atoms with Gasteiger partial charge in [0.1, 0.15) is 11.4 Å². The Morgan fingerprint density at radius 3 is 2.53 bits per heavy atom. The lowest BCUT2D eigenvalue weighted by atomic mass is 10.3. The number of hydrogen-bond donors (Lipinski definition) is 1. The van der Waals surface area contributed by atoms with Crippen LogP contribution in [0.1, 0.15) is 5.69 Å². The molecular formula is C12H8BrF3N2O. The number of aromatic nitrogens is 1. The fourth-order valence-electron chi connectivity index (χ4n) is 1.39. The van der Waals surface area contributed by atoms with Crippen molar-refractivity contribution in [2.75, 3.05) is 5.73 Å². The highest BCUT2D eigenvalue weighted by Gasteiger charge is 2.32. The molecule has 0 fully saturated rings. The quantitative estimate of drug-likeness (QED) is 0.837. The van der Waals surface area contributed by atoms with Crippen LogP contribution in [0.25, 0.3) is 0 Å². The zero-order valence-electron chi connectivity index (χ0n) is 9.41. The highest BCUT2D eigenvalue weighted by molar-refractivity contribution is 9.10. The third-order valence-corrected chi connectivity index (χ3v) is 2.59. The van der Waals surface area contributed by atoms with Gasteiger partial charge in [-0.3, -0.25) is 0 Å². The van der Waals surface area contributed by atoms with Crippen LogP contribution in [0.2, 0.25) is 0 Å². The number of anilines is 1. The first-order chi connectivity index (χ1) is 8.84. The number of nitrogens with two attached hydrogens (primary N) is 1. The Bertz CT molecular complexity index is 582. The van der Waals surface area contributed by atoms with E-state index < -0.39 is 11.9 Å². The van der Waals surface area contributed by atoms with Crippen molar-refractivity contribution in [2.24, 2.45) is 0 Å². The van der Waals surface area contributed by atoms with Crippen molar-refractivity contribution in [3.05, 3.63) is 46.6 Å². The third-order valence-electron chi connectivity index (χ3n) is 2.13. The van der Waals surface area contributed by atoms with Crippen LogP contribution < -0.4 is 10.5 Å². The van der Waals surface area contributed by atoms with Crippen LogP contribution in [0.15, 0.2) is 40.9 Å². The topological polar surface area (TPSA) is 48.1 Å². The predicted molar refractivity (Wildman–Crippen MR) is 67.9 cm³/mol. The fraction of sp³-hybridized carbons (Fsp3) is 0.0833. The van der Waals surface area contributed by atoms with E-state index in [4.69, 9.17) is 10.5 Å². The van der Waals surface area contributed by atoms with Crippen LogP contribution in [0.4, 0.5) is 18.9 Å². The molecule has 2 rings (SSSR count). The summed E-state index contributed by atoms with van der Waals surface area (Å²) in [6.45, 7) is 0. The summed E-state index contributed by atoms with van der Waals surface area (Å²) in [7, 11) is 0. The largest absolute Gasteiger partial charge is 0.439 e. The maximum Gasteiger partial charge on any atom is 0.433 e. The van der Waals surface area contributed by atoms with E-state index in [1.165, 1.54) is 18.2 Å². The number of alkyl halides is 3. The standard InChI is InChI=1S/C12H8BrF3N2O/c13-7-4-8(17)6-9(5-7)19-11-3-1-2-10(18-11)12(14,15)16/h1-6H,17H2. The Labute approximate surface area is 115 Å². The molecule has 100 valence electrons. The van der Waals surface area contributed by atoms with Crippen molar-refractivity contribution in [1.82, 2.24) is 4.98 Å². The molecule has 7 heteroatoms. The number of ether oxygens (including phenoxy) is 1. The first-order valence-electron chi connectivity index (χ1n) is 5.13. The zero-order chi connectivity index (χ0) is 14.0. The van der Waals surface area contributed by atoms with E-state index in [1.54, 1.807) is 12.1 Å². The number of rotatable bonds is 2. The molecule has 0 saturated heterocycles. The van der Waals surface area contributed by atoms with Gasteiger partial charge >= 0.3 is 6.18 Å². The summed E-state index contributed by atoms with van der Waals surface area (Å²) in [4.78, 5) is 3.40. The minimum atomic E-state index is -4.50. The molecule has 19 heavy (non-hydrogen) atoms. The molecule has 0 bridgehead atoms. The number of pyridine rings is 1. The Balaban J connectivity index is 2.28. The first kappa shape index (κ1) is 13.7. The van der Waals surface area contributed by atoms with Crippen LogP contribution in [0, 0.1) is 0 Å². The highest BCUT2D eigenvalue weighted by Crippen LogP contribution is 2.31. The molecule has 0 radical (unpaired) electrons. The van der Waals surface area contributed by atoms with Gasteiger partial charge in [-0.2, -0.15) is 13.2 Å². The van der Waals surface area contributed by atoms with E-state index >= 15 is 0 Å². The number of benzene rings is 1. The molecule has 2 N–H and O–H groups in total. The van der Waals surface area contributed by atoms with Crippen molar-refractivity contribution in [3.63, 3.8) is 0 Å². The molecule has 0 atom stereocenters. The molecule has 0 spiro atoms. The van der Waals surface area contributed by atoms with Crippen molar-refractivity contribution in [3.8, 4) is 11.6 Å². The molecule has 0 aliphatic rings. The molecule has 1 heterocycles. The van der Waals surface area contributed by atoms with Gasteiger partial charge in [-0.25, -0.2) is 4.98 Å². The van der Waals surface area contributed by atoms with E-state index in [0.29, 0.717) is 15.9 Å². The molecule has 1 aromatic carbocycles. The second-order valence-electron chi connectivity index (χ2n) is 3.68. The van der Waals surface area contributed by atoms with Gasteiger partial charge in [-0.1, -0.05) is 22.0 Å². The van der Waals surface area contributed by atoms with Gasteiger partial charge in [-0.05, 0) is 18.2 Å². The molecule has 0 unspecified atom stereocenters. The summed E-state index contributed by atoms with van der Waals surface area (Å²) in [5.74, 6) is 0.158. The molecular weight excluding hydrogens is 325 g/mol. The van der Waals surface area contributed by atoms with Crippen molar-refractivity contribution in [2.45, 2.75) is 6.18 Å². The number of nitrogens with zero attached hydrogens (tertiary/aromatic N) is 1. The number of halogens is 4. The molecule has 2 aromatic rings. The average molecular weight is 333 g/mol.